The number of hydrogen-bond donors (Lipinski definition) is 0. The van der Waals surface area contributed by atoms with E-state index < -0.39 is 0 Å². The third-order valence-electron chi connectivity index (χ3n) is 4.43. The Labute approximate surface area is 163 Å². The largest absolute Gasteiger partial charge is 0.493 e. The fourth-order valence-electron chi connectivity index (χ4n) is 2.96. The maximum absolute atomic E-state index is 12.9. The lowest BCUT2D eigenvalue weighted by molar-refractivity contribution is 0.0798. The van der Waals surface area contributed by atoms with E-state index in [1.807, 2.05) is 36.4 Å². The quantitative estimate of drug-likeness (QED) is 0.638. The van der Waals surface area contributed by atoms with Gasteiger partial charge in [-0.25, -0.2) is 0 Å². The number of pyridine rings is 1. The molecule has 0 spiro atoms. The lowest BCUT2D eigenvalue weighted by Gasteiger charge is -2.18. The van der Waals surface area contributed by atoms with Gasteiger partial charge in [0.1, 0.15) is 0 Å². The zero-order chi connectivity index (χ0) is 19.4. The highest BCUT2D eigenvalue weighted by atomic mass is 35.5. The Morgan fingerprint density at radius 3 is 2.63 bits per heavy atom. The van der Waals surface area contributed by atoms with Gasteiger partial charge < -0.3 is 14.4 Å². The van der Waals surface area contributed by atoms with Gasteiger partial charge in [-0.2, -0.15) is 0 Å². The predicted molar refractivity (Wildman–Crippen MR) is 107 cm³/mol. The van der Waals surface area contributed by atoms with Crippen molar-refractivity contribution in [3.8, 4) is 11.5 Å². The number of carbonyl (C=O) groups is 1. The summed E-state index contributed by atoms with van der Waals surface area (Å²) in [7, 11) is 4.99. The highest BCUT2D eigenvalue weighted by Gasteiger charge is 2.17. The minimum Gasteiger partial charge on any atom is -0.493 e. The van der Waals surface area contributed by atoms with E-state index in [0.717, 1.165) is 10.9 Å². The predicted octanol–water partition coefficient (Wildman–Crippen LogP) is 4.22. The summed E-state index contributed by atoms with van der Waals surface area (Å²) in [4.78, 5) is 19.0. The first-order chi connectivity index (χ1) is 13.0. The van der Waals surface area contributed by atoms with Crippen LogP contribution in [0.3, 0.4) is 0 Å². The molecule has 0 aliphatic rings. The monoisotopic (exact) mass is 384 g/mol. The standard InChI is InChI=1S/C21H21ClN2O3/c1-24(10-8-14-6-7-18(26-2)19(11-14)27-3)21(25)17-13-16(22)12-15-5-4-9-23-20(15)17/h4-7,9,11-13H,8,10H2,1-3H3. The number of nitrogens with zero attached hydrogens (tertiary/aromatic N) is 2. The molecule has 1 amide bonds. The Morgan fingerprint density at radius 2 is 1.89 bits per heavy atom. The number of ether oxygens (including phenoxy) is 2. The SMILES string of the molecule is COc1ccc(CCN(C)C(=O)c2cc(Cl)cc3cccnc23)cc1OC. The molecule has 1 heterocycles. The van der Waals surface area contributed by atoms with Crippen LogP contribution in [0.4, 0.5) is 0 Å². The van der Waals surface area contributed by atoms with Crippen molar-refractivity contribution in [2.45, 2.75) is 6.42 Å². The van der Waals surface area contributed by atoms with E-state index in [9.17, 15) is 4.79 Å². The molecule has 0 fully saturated rings. The number of amides is 1. The van der Waals surface area contributed by atoms with Crippen LogP contribution >= 0.6 is 11.6 Å². The van der Waals surface area contributed by atoms with E-state index in [-0.39, 0.29) is 5.91 Å². The van der Waals surface area contributed by atoms with Gasteiger partial charge >= 0.3 is 0 Å². The molecular weight excluding hydrogens is 364 g/mol. The van der Waals surface area contributed by atoms with E-state index in [0.29, 0.717) is 40.6 Å². The molecule has 0 saturated heterocycles. The summed E-state index contributed by atoms with van der Waals surface area (Å²) in [5.41, 5.74) is 2.22. The molecule has 3 rings (SSSR count). The molecule has 6 heteroatoms. The average Bonchev–Trinajstić information content (AvgIpc) is 2.70. The first kappa shape index (κ1) is 19.0. The number of rotatable bonds is 6. The molecule has 0 bridgehead atoms. The van der Waals surface area contributed by atoms with Gasteiger partial charge in [-0.15, -0.1) is 0 Å². The van der Waals surface area contributed by atoms with Crippen molar-refractivity contribution < 1.29 is 14.3 Å². The Morgan fingerprint density at radius 1 is 1.11 bits per heavy atom. The molecule has 0 unspecified atom stereocenters. The van der Waals surface area contributed by atoms with Crippen LogP contribution in [0.5, 0.6) is 11.5 Å². The fraction of sp³-hybridized carbons (Fsp3) is 0.238. The number of likely N-dealkylation sites (N-methyl/N-ethyl adjacent to an activating group) is 1. The number of aromatic nitrogens is 1. The Balaban J connectivity index is 1.77. The van der Waals surface area contributed by atoms with E-state index in [1.165, 1.54) is 0 Å². The Kier molecular flexibility index (Phi) is 5.81. The van der Waals surface area contributed by atoms with Crippen LogP contribution in [0.2, 0.25) is 5.02 Å². The molecule has 27 heavy (non-hydrogen) atoms. The molecule has 0 aliphatic heterocycles. The number of carbonyl (C=O) groups excluding carboxylic acids is 1. The minimum absolute atomic E-state index is 0.110. The third kappa shape index (κ3) is 4.14. The minimum atomic E-state index is -0.110. The maximum Gasteiger partial charge on any atom is 0.255 e. The Hall–Kier alpha value is -2.79. The van der Waals surface area contributed by atoms with Crippen LogP contribution < -0.4 is 9.47 Å². The average molecular weight is 385 g/mol. The summed E-state index contributed by atoms with van der Waals surface area (Å²) < 4.78 is 10.6. The van der Waals surface area contributed by atoms with Gasteiger partial charge in [-0.1, -0.05) is 23.7 Å². The van der Waals surface area contributed by atoms with E-state index in [1.54, 1.807) is 38.4 Å². The molecule has 0 radical (unpaired) electrons. The highest BCUT2D eigenvalue weighted by molar-refractivity contribution is 6.32. The summed E-state index contributed by atoms with van der Waals surface area (Å²) in [6.45, 7) is 0.551. The number of hydrogen-bond acceptors (Lipinski definition) is 4. The zero-order valence-electron chi connectivity index (χ0n) is 15.5. The smallest absolute Gasteiger partial charge is 0.255 e. The second-order valence-corrected chi connectivity index (χ2v) is 6.63. The number of benzene rings is 2. The number of methoxy groups -OCH3 is 2. The lowest BCUT2D eigenvalue weighted by atomic mass is 10.1. The van der Waals surface area contributed by atoms with Crippen molar-refractivity contribution in [2.75, 3.05) is 27.8 Å². The first-order valence-electron chi connectivity index (χ1n) is 8.54. The van der Waals surface area contributed by atoms with Crippen molar-refractivity contribution >= 4 is 28.4 Å². The summed E-state index contributed by atoms with van der Waals surface area (Å²) >= 11 is 6.18. The summed E-state index contributed by atoms with van der Waals surface area (Å²) in [6.07, 6.45) is 2.37. The van der Waals surface area contributed by atoms with Gasteiger partial charge in [0.2, 0.25) is 0 Å². The fourth-order valence-corrected chi connectivity index (χ4v) is 3.19. The van der Waals surface area contributed by atoms with Crippen LogP contribution in [0.25, 0.3) is 10.9 Å². The van der Waals surface area contributed by atoms with Crippen LogP contribution in [-0.4, -0.2) is 43.6 Å². The molecule has 2 aromatic carbocycles. The molecule has 5 nitrogen and oxygen atoms in total. The number of halogens is 1. The van der Waals surface area contributed by atoms with Gasteiger partial charge in [0.25, 0.3) is 5.91 Å². The molecule has 1 aromatic heterocycles. The molecule has 0 atom stereocenters. The van der Waals surface area contributed by atoms with Crippen molar-refractivity contribution in [3.63, 3.8) is 0 Å². The second-order valence-electron chi connectivity index (χ2n) is 6.19. The van der Waals surface area contributed by atoms with Crippen LogP contribution in [0, 0.1) is 0 Å². The summed E-state index contributed by atoms with van der Waals surface area (Å²) in [5.74, 6) is 1.25. The van der Waals surface area contributed by atoms with Crippen LogP contribution in [0.1, 0.15) is 15.9 Å². The van der Waals surface area contributed by atoms with Gasteiger partial charge in [0.05, 0.1) is 25.3 Å². The molecule has 3 aromatic rings. The van der Waals surface area contributed by atoms with Crippen molar-refractivity contribution in [3.05, 3.63) is 64.8 Å². The van der Waals surface area contributed by atoms with Gasteiger partial charge in [-0.3, -0.25) is 9.78 Å². The summed E-state index contributed by atoms with van der Waals surface area (Å²) in [5, 5.41) is 1.37. The van der Waals surface area contributed by atoms with E-state index >= 15 is 0 Å². The Bertz CT molecular complexity index is 975. The molecule has 0 N–H and O–H groups in total. The topological polar surface area (TPSA) is 51.7 Å². The highest BCUT2D eigenvalue weighted by Crippen LogP contribution is 2.28. The molecular formula is C21H21ClN2O3. The van der Waals surface area contributed by atoms with Crippen molar-refractivity contribution in [1.29, 1.82) is 0 Å². The normalized spacial score (nSPS) is 10.7. The van der Waals surface area contributed by atoms with Gasteiger partial charge in [0.15, 0.2) is 11.5 Å². The molecule has 140 valence electrons. The zero-order valence-corrected chi connectivity index (χ0v) is 16.3. The lowest BCUT2D eigenvalue weighted by Crippen LogP contribution is -2.29. The van der Waals surface area contributed by atoms with Gasteiger partial charge in [0, 0.05) is 30.2 Å². The van der Waals surface area contributed by atoms with E-state index in [4.69, 9.17) is 21.1 Å². The van der Waals surface area contributed by atoms with E-state index in [2.05, 4.69) is 4.98 Å². The first-order valence-corrected chi connectivity index (χ1v) is 8.92. The van der Waals surface area contributed by atoms with Crippen molar-refractivity contribution in [1.82, 2.24) is 9.88 Å². The number of fused-ring (bicyclic) bond motifs is 1. The van der Waals surface area contributed by atoms with Crippen LogP contribution in [0.15, 0.2) is 48.7 Å². The third-order valence-corrected chi connectivity index (χ3v) is 4.65. The van der Waals surface area contributed by atoms with Crippen LogP contribution in [-0.2, 0) is 6.42 Å². The molecule has 0 aliphatic carbocycles. The molecule has 0 saturated carbocycles. The maximum atomic E-state index is 12.9. The second kappa shape index (κ2) is 8.27. The summed E-state index contributed by atoms with van der Waals surface area (Å²) in [6, 6.07) is 13.0. The van der Waals surface area contributed by atoms with Gasteiger partial charge in [-0.05, 0) is 42.3 Å². The van der Waals surface area contributed by atoms with Crippen molar-refractivity contribution in [2.24, 2.45) is 0 Å².